The van der Waals surface area contributed by atoms with Crippen molar-refractivity contribution in [2.75, 3.05) is 29.9 Å². The van der Waals surface area contributed by atoms with Crippen LogP contribution in [0.1, 0.15) is 12.8 Å². The Morgan fingerprint density at radius 1 is 1.47 bits per heavy atom. The lowest BCUT2D eigenvalue weighted by atomic mass is 10.4. The minimum Gasteiger partial charge on any atom is -0.356 e. The summed E-state index contributed by atoms with van der Waals surface area (Å²) in [6.45, 7) is 6.56. The molecule has 0 bridgehead atoms. The molecule has 0 spiro atoms. The Morgan fingerprint density at radius 3 is 3.00 bits per heavy atom. The minimum absolute atomic E-state index is 0.680. The molecule has 2 rings (SSSR count). The summed E-state index contributed by atoms with van der Waals surface area (Å²) in [4.78, 5) is 10.9. The van der Waals surface area contributed by atoms with Gasteiger partial charge in [0.1, 0.15) is 5.82 Å². The van der Waals surface area contributed by atoms with Crippen molar-refractivity contribution < 1.29 is 0 Å². The van der Waals surface area contributed by atoms with E-state index >= 15 is 0 Å². The van der Waals surface area contributed by atoms with Gasteiger partial charge in [-0.3, -0.25) is 0 Å². The maximum absolute atomic E-state index is 4.45. The summed E-state index contributed by atoms with van der Waals surface area (Å²) in [6.07, 6.45) is 6.12. The van der Waals surface area contributed by atoms with E-state index in [1.165, 1.54) is 12.8 Å². The fourth-order valence-electron chi connectivity index (χ4n) is 1.72. The highest BCUT2D eigenvalue weighted by Gasteiger charge is 2.13. The maximum atomic E-state index is 4.45. The summed E-state index contributed by atoms with van der Waals surface area (Å²) >= 11 is 0. The lowest BCUT2D eigenvalue weighted by Crippen LogP contribution is -2.19. The first kappa shape index (κ1) is 9.96. The minimum atomic E-state index is 0.680. The van der Waals surface area contributed by atoms with Crippen LogP contribution in [0, 0.1) is 0 Å². The maximum Gasteiger partial charge on any atom is 0.224 e. The summed E-state index contributed by atoms with van der Waals surface area (Å²) in [5, 5.41) is 3.09. The Hall–Kier alpha value is -1.58. The van der Waals surface area contributed by atoms with Gasteiger partial charge < -0.3 is 10.2 Å². The van der Waals surface area contributed by atoms with Crippen LogP contribution in [0.5, 0.6) is 0 Å². The molecular formula is C11H16N4. The van der Waals surface area contributed by atoms with Gasteiger partial charge in [-0.15, -0.1) is 6.58 Å². The van der Waals surface area contributed by atoms with Gasteiger partial charge >= 0.3 is 0 Å². The Balaban J connectivity index is 2.07. The number of nitrogens with zero attached hydrogens (tertiary/aromatic N) is 3. The quantitative estimate of drug-likeness (QED) is 0.757. The van der Waals surface area contributed by atoms with Gasteiger partial charge in [0.2, 0.25) is 5.95 Å². The fourth-order valence-corrected chi connectivity index (χ4v) is 1.72. The largest absolute Gasteiger partial charge is 0.356 e. The third-order valence-corrected chi connectivity index (χ3v) is 2.48. The molecule has 4 heteroatoms. The van der Waals surface area contributed by atoms with E-state index in [9.17, 15) is 0 Å². The predicted molar refractivity (Wildman–Crippen MR) is 62.2 cm³/mol. The van der Waals surface area contributed by atoms with E-state index in [2.05, 4.69) is 26.8 Å². The third-order valence-electron chi connectivity index (χ3n) is 2.48. The molecule has 0 atom stereocenters. The summed E-state index contributed by atoms with van der Waals surface area (Å²) in [7, 11) is 0. The summed E-state index contributed by atoms with van der Waals surface area (Å²) in [5.41, 5.74) is 0. The molecule has 1 aromatic heterocycles. The monoisotopic (exact) mass is 204 g/mol. The molecule has 15 heavy (non-hydrogen) atoms. The van der Waals surface area contributed by atoms with Crippen LogP contribution in [-0.4, -0.2) is 29.6 Å². The summed E-state index contributed by atoms with van der Waals surface area (Å²) in [6, 6.07) is 1.96. The molecule has 0 radical (unpaired) electrons. The molecule has 0 saturated carbocycles. The van der Waals surface area contributed by atoms with Crippen LogP contribution in [-0.2, 0) is 0 Å². The molecular weight excluding hydrogens is 188 g/mol. The first-order valence-electron chi connectivity index (χ1n) is 5.33. The van der Waals surface area contributed by atoms with Crippen molar-refractivity contribution in [2.45, 2.75) is 12.8 Å². The normalized spacial score (nSPS) is 15.3. The van der Waals surface area contributed by atoms with Crippen LogP contribution in [0.25, 0.3) is 0 Å². The van der Waals surface area contributed by atoms with E-state index in [1.807, 2.05) is 6.07 Å². The van der Waals surface area contributed by atoms with Crippen LogP contribution in [0.2, 0.25) is 0 Å². The van der Waals surface area contributed by atoms with Crippen LogP contribution in [0.4, 0.5) is 11.8 Å². The molecule has 1 saturated heterocycles. The first-order chi connectivity index (χ1) is 7.40. The zero-order valence-electron chi connectivity index (χ0n) is 8.82. The average Bonchev–Trinajstić information content (AvgIpc) is 2.80. The highest BCUT2D eigenvalue weighted by molar-refractivity contribution is 5.43. The van der Waals surface area contributed by atoms with E-state index < -0.39 is 0 Å². The SMILES string of the molecule is C=CCNc1nccc(N2CCCC2)n1. The van der Waals surface area contributed by atoms with E-state index in [-0.39, 0.29) is 0 Å². The third kappa shape index (κ3) is 2.46. The molecule has 4 nitrogen and oxygen atoms in total. The molecule has 1 N–H and O–H groups in total. The van der Waals surface area contributed by atoms with Gasteiger partial charge in [0, 0.05) is 25.8 Å². The molecule has 0 aliphatic carbocycles. The fraction of sp³-hybridized carbons (Fsp3) is 0.455. The molecule has 80 valence electrons. The summed E-state index contributed by atoms with van der Waals surface area (Å²) in [5.74, 6) is 1.70. The van der Waals surface area contributed by atoms with Gasteiger partial charge in [-0.2, -0.15) is 4.98 Å². The molecule has 0 amide bonds. The van der Waals surface area contributed by atoms with Crippen LogP contribution < -0.4 is 10.2 Å². The number of nitrogens with one attached hydrogen (secondary N) is 1. The van der Waals surface area contributed by atoms with Crippen LogP contribution in [0.15, 0.2) is 24.9 Å². The molecule has 1 fully saturated rings. The van der Waals surface area contributed by atoms with Gasteiger partial charge in [0.15, 0.2) is 0 Å². The highest BCUT2D eigenvalue weighted by atomic mass is 15.2. The Kier molecular flexibility index (Phi) is 3.17. The molecule has 1 aliphatic heterocycles. The summed E-state index contributed by atoms with van der Waals surface area (Å²) < 4.78 is 0. The number of hydrogen-bond acceptors (Lipinski definition) is 4. The number of rotatable bonds is 4. The second-order valence-corrected chi connectivity index (χ2v) is 3.60. The van der Waals surface area contributed by atoms with E-state index in [1.54, 1.807) is 12.3 Å². The van der Waals surface area contributed by atoms with E-state index in [0.29, 0.717) is 12.5 Å². The van der Waals surface area contributed by atoms with Crippen LogP contribution >= 0.6 is 0 Å². The van der Waals surface area contributed by atoms with Gasteiger partial charge in [0.25, 0.3) is 0 Å². The number of hydrogen-bond donors (Lipinski definition) is 1. The van der Waals surface area contributed by atoms with Gasteiger partial charge in [-0.25, -0.2) is 4.98 Å². The Labute approximate surface area is 90.0 Å². The average molecular weight is 204 g/mol. The van der Waals surface area contributed by atoms with Crippen molar-refractivity contribution in [2.24, 2.45) is 0 Å². The number of anilines is 2. The Morgan fingerprint density at radius 2 is 2.27 bits per heavy atom. The van der Waals surface area contributed by atoms with Crippen molar-refractivity contribution in [1.29, 1.82) is 0 Å². The van der Waals surface area contributed by atoms with Crippen molar-refractivity contribution in [3.63, 3.8) is 0 Å². The second kappa shape index (κ2) is 4.77. The zero-order chi connectivity index (χ0) is 10.5. The smallest absolute Gasteiger partial charge is 0.224 e. The van der Waals surface area contributed by atoms with Gasteiger partial charge in [0.05, 0.1) is 0 Å². The predicted octanol–water partition coefficient (Wildman–Crippen LogP) is 1.67. The first-order valence-corrected chi connectivity index (χ1v) is 5.33. The lowest BCUT2D eigenvalue weighted by molar-refractivity contribution is 0.927. The standard InChI is InChI=1S/C11H16N4/c1-2-6-12-11-13-7-5-10(14-11)15-8-3-4-9-15/h2,5,7H,1,3-4,6,8-9H2,(H,12,13,14). The van der Waals surface area contributed by atoms with E-state index in [4.69, 9.17) is 0 Å². The zero-order valence-corrected chi connectivity index (χ0v) is 8.82. The van der Waals surface area contributed by atoms with Crippen molar-refractivity contribution >= 4 is 11.8 Å². The molecule has 1 aromatic rings. The van der Waals surface area contributed by atoms with Crippen molar-refractivity contribution in [1.82, 2.24) is 9.97 Å². The van der Waals surface area contributed by atoms with E-state index in [0.717, 1.165) is 18.9 Å². The molecule has 0 unspecified atom stereocenters. The molecule has 2 heterocycles. The van der Waals surface area contributed by atoms with Gasteiger partial charge in [-0.1, -0.05) is 6.08 Å². The molecule has 1 aliphatic rings. The van der Waals surface area contributed by atoms with Gasteiger partial charge in [-0.05, 0) is 18.9 Å². The van der Waals surface area contributed by atoms with Crippen molar-refractivity contribution in [3.05, 3.63) is 24.9 Å². The number of aromatic nitrogens is 2. The van der Waals surface area contributed by atoms with Crippen molar-refractivity contribution in [3.8, 4) is 0 Å². The van der Waals surface area contributed by atoms with Crippen LogP contribution in [0.3, 0.4) is 0 Å². The lowest BCUT2D eigenvalue weighted by Gasteiger charge is -2.16. The highest BCUT2D eigenvalue weighted by Crippen LogP contribution is 2.17. The topological polar surface area (TPSA) is 41.1 Å². The molecule has 0 aromatic carbocycles. The second-order valence-electron chi connectivity index (χ2n) is 3.60. The Bertz CT molecular complexity index is 331.